The molecule has 2 amide bonds. The predicted octanol–water partition coefficient (Wildman–Crippen LogP) is 2.94. The van der Waals surface area contributed by atoms with Gasteiger partial charge in [0.1, 0.15) is 5.82 Å². The Morgan fingerprint density at radius 2 is 1.95 bits per heavy atom. The van der Waals surface area contributed by atoms with Gasteiger partial charge in [-0.15, -0.1) is 0 Å². The normalized spacial score (nSPS) is 11.2. The Morgan fingerprint density at radius 1 is 1.30 bits per heavy atom. The average Bonchev–Trinajstić information content (AvgIpc) is 2.41. The second kappa shape index (κ2) is 7.59. The Kier molecular flexibility index (Phi) is 6.42. The number of carbonyl (C=O) groups is 1. The van der Waals surface area contributed by atoms with E-state index in [-0.39, 0.29) is 24.9 Å². The van der Waals surface area contributed by atoms with E-state index in [1.807, 2.05) is 13.8 Å². The van der Waals surface area contributed by atoms with Crippen LogP contribution in [0, 0.1) is 5.82 Å². The van der Waals surface area contributed by atoms with Crippen LogP contribution in [0.4, 0.5) is 9.18 Å². The first-order valence-corrected chi connectivity index (χ1v) is 7.37. The number of carbonyl (C=O) groups excluding carboxylic acids is 1. The van der Waals surface area contributed by atoms with E-state index in [1.54, 1.807) is 6.07 Å². The van der Waals surface area contributed by atoms with Crippen LogP contribution in [0.5, 0.6) is 0 Å². The summed E-state index contributed by atoms with van der Waals surface area (Å²) >= 11 is 3.19. The summed E-state index contributed by atoms with van der Waals surface area (Å²) in [6.07, 6.45) is 1.14. The fraction of sp³-hybridized carbons (Fsp3) is 0.500. The van der Waals surface area contributed by atoms with Crippen molar-refractivity contribution in [3.05, 3.63) is 34.1 Å². The minimum absolute atomic E-state index is 0.193. The van der Waals surface area contributed by atoms with Gasteiger partial charge in [0, 0.05) is 17.6 Å². The van der Waals surface area contributed by atoms with E-state index < -0.39 is 5.60 Å². The zero-order valence-corrected chi connectivity index (χ0v) is 13.3. The number of urea groups is 1. The van der Waals surface area contributed by atoms with Crippen molar-refractivity contribution in [2.75, 3.05) is 6.54 Å². The molecule has 4 nitrogen and oxygen atoms in total. The maximum absolute atomic E-state index is 13.2. The maximum Gasteiger partial charge on any atom is 0.315 e. The van der Waals surface area contributed by atoms with Crippen molar-refractivity contribution >= 4 is 22.0 Å². The fourth-order valence-corrected chi connectivity index (χ4v) is 2.22. The first kappa shape index (κ1) is 16.9. The summed E-state index contributed by atoms with van der Waals surface area (Å²) in [6.45, 7) is 4.15. The molecule has 0 aliphatic heterocycles. The van der Waals surface area contributed by atoms with E-state index in [4.69, 9.17) is 0 Å². The summed E-state index contributed by atoms with van der Waals surface area (Å²) in [7, 11) is 0. The van der Waals surface area contributed by atoms with Gasteiger partial charge in [0.15, 0.2) is 0 Å². The van der Waals surface area contributed by atoms with Crippen LogP contribution in [0.25, 0.3) is 0 Å². The molecule has 0 spiro atoms. The first-order chi connectivity index (χ1) is 9.38. The molecule has 1 rings (SSSR count). The van der Waals surface area contributed by atoms with E-state index >= 15 is 0 Å². The van der Waals surface area contributed by atoms with Crippen LogP contribution in [0.15, 0.2) is 22.7 Å². The van der Waals surface area contributed by atoms with Gasteiger partial charge >= 0.3 is 6.03 Å². The van der Waals surface area contributed by atoms with E-state index in [0.29, 0.717) is 22.9 Å². The molecule has 0 heterocycles. The first-order valence-electron chi connectivity index (χ1n) is 6.57. The van der Waals surface area contributed by atoms with Crippen molar-refractivity contribution in [3.63, 3.8) is 0 Å². The van der Waals surface area contributed by atoms with E-state index in [9.17, 15) is 14.3 Å². The molecular weight excluding hydrogens is 327 g/mol. The van der Waals surface area contributed by atoms with Crippen LogP contribution >= 0.6 is 15.9 Å². The molecule has 0 saturated heterocycles. The monoisotopic (exact) mass is 346 g/mol. The SMILES string of the molecule is CCC(O)(CC)CNC(=O)NCc1cc(F)cc(Br)c1. The topological polar surface area (TPSA) is 61.4 Å². The molecule has 0 bridgehead atoms. The van der Waals surface area contributed by atoms with Crippen molar-refractivity contribution in [1.29, 1.82) is 0 Å². The summed E-state index contributed by atoms with van der Waals surface area (Å²) in [4.78, 5) is 11.6. The maximum atomic E-state index is 13.2. The van der Waals surface area contributed by atoms with Gasteiger partial charge in [0.25, 0.3) is 0 Å². The van der Waals surface area contributed by atoms with Crippen molar-refractivity contribution in [1.82, 2.24) is 10.6 Å². The zero-order chi connectivity index (χ0) is 15.2. The van der Waals surface area contributed by atoms with Crippen molar-refractivity contribution in [2.45, 2.75) is 38.8 Å². The number of benzene rings is 1. The van der Waals surface area contributed by atoms with E-state index in [2.05, 4.69) is 26.6 Å². The molecule has 0 aliphatic rings. The highest BCUT2D eigenvalue weighted by atomic mass is 79.9. The molecule has 1 aromatic rings. The summed E-state index contributed by atoms with van der Waals surface area (Å²) in [6, 6.07) is 4.06. The predicted molar refractivity (Wildman–Crippen MR) is 79.9 cm³/mol. The Bertz CT molecular complexity index is 444. The lowest BCUT2D eigenvalue weighted by Gasteiger charge is -2.25. The van der Waals surface area contributed by atoms with E-state index in [1.165, 1.54) is 12.1 Å². The molecule has 0 aliphatic carbocycles. The minimum Gasteiger partial charge on any atom is -0.388 e. The zero-order valence-electron chi connectivity index (χ0n) is 11.7. The third-order valence-electron chi connectivity index (χ3n) is 3.27. The molecule has 112 valence electrons. The summed E-state index contributed by atoms with van der Waals surface area (Å²) < 4.78 is 13.8. The molecule has 20 heavy (non-hydrogen) atoms. The third-order valence-corrected chi connectivity index (χ3v) is 3.73. The Morgan fingerprint density at radius 3 is 2.50 bits per heavy atom. The molecule has 0 fully saturated rings. The number of hydrogen-bond donors (Lipinski definition) is 3. The molecule has 0 radical (unpaired) electrons. The van der Waals surface area contributed by atoms with Crippen molar-refractivity contribution < 1.29 is 14.3 Å². The molecule has 6 heteroatoms. The second-order valence-electron chi connectivity index (χ2n) is 4.75. The highest BCUT2D eigenvalue weighted by molar-refractivity contribution is 9.10. The Labute approximate surface area is 126 Å². The van der Waals surface area contributed by atoms with Gasteiger partial charge in [0.05, 0.1) is 5.60 Å². The van der Waals surface area contributed by atoms with Crippen LogP contribution in [0.3, 0.4) is 0 Å². The lowest BCUT2D eigenvalue weighted by molar-refractivity contribution is 0.0349. The van der Waals surface area contributed by atoms with Gasteiger partial charge in [-0.25, -0.2) is 9.18 Å². The van der Waals surface area contributed by atoms with Crippen LogP contribution in [0.1, 0.15) is 32.3 Å². The highest BCUT2D eigenvalue weighted by Crippen LogP contribution is 2.15. The largest absolute Gasteiger partial charge is 0.388 e. The van der Waals surface area contributed by atoms with Crippen LogP contribution in [0.2, 0.25) is 0 Å². The smallest absolute Gasteiger partial charge is 0.315 e. The average molecular weight is 347 g/mol. The molecular formula is C14H20BrFN2O2. The number of aliphatic hydroxyl groups is 1. The van der Waals surface area contributed by atoms with Crippen LogP contribution in [-0.4, -0.2) is 23.3 Å². The fourth-order valence-electron chi connectivity index (χ4n) is 1.70. The quantitative estimate of drug-likeness (QED) is 0.741. The van der Waals surface area contributed by atoms with Gasteiger partial charge in [-0.3, -0.25) is 0 Å². The van der Waals surface area contributed by atoms with Gasteiger partial charge in [-0.2, -0.15) is 0 Å². The van der Waals surface area contributed by atoms with E-state index in [0.717, 1.165) is 0 Å². The molecule has 0 aromatic heterocycles. The minimum atomic E-state index is -0.876. The highest BCUT2D eigenvalue weighted by Gasteiger charge is 2.22. The summed E-state index contributed by atoms with van der Waals surface area (Å²) in [5, 5.41) is 15.3. The number of hydrogen-bond acceptors (Lipinski definition) is 2. The van der Waals surface area contributed by atoms with Gasteiger partial charge in [-0.05, 0) is 36.6 Å². The lowest BCUT2D eigenvalue weighted by atomic mass is 9.98. The Hall–Kier alpha value is -1.14. The standard InChI is InChI=1S/C14H20BrFN2O2/c1-3-14(20,4-2)9-18-13(19)17-8-10-5-11(15)7-12(16)6-10/h5-7,20H,3-4,8-9H2,1-2H3,(H2,17,18,19). The summed E-state index contributed by atoms with van der Waals surface area (Å²) in [5.41, 5.74) is -0.215. The number of halogens is 2. The lowest BCUT2D eigenvalue weighted by Crippen LogP contribution is -2.45. The number of rotatable bonds is 6. The summed E-state index contributed by atoms with van der Waals surface area (Å²) in [5.74, 6) is -0.358. The molecule has 0 saturated carbocycles. The number of nitrogens with one attached hydrogen (secondary N) is 2. The third kappa shape index (κ3) is 5.46. The van der Waals surface area contributed by atoms with Crippen molar-refractivity contribution in [3.8, 4) is 0 Å². The van der Waals surface area contributed by atoms with Gasteiger partial charge in [0.2, 0.25) is 0 Å². The molecule has 0 unspecified atom stereocenters. The molecule has 3 N–H and O–H groups in total. The second-order valence-corrected chi connectivity index (χ2v) is 5.66. The van der Waals surface area contributed by atoms with Gasteiger partial charge < -0.3 is 15.7 Å². The molecule has 0 atom stereocenters. The van der Waals surface area contributed by atoms with Gasteiger partial charge in [-0.1, -0.05) is 29.8 Å². The Balaban J connectivity index is 2.44. The van der Waals surface area contributed by atoms with Crippen LogP contribution in [-0.2, 0) is 6.54 Å². The molecule has 1 aromatic carbocycles. The van der Waals surface area contributed by atoms with Crippen LogP contribution < -0.4 is 10.6 Å². The number of amides is 2. The van der Waals surface area contributed by atoms with Crippen molar-refractivity contribution in [2.24, 2.45) is 0 Å².